The molecule has 0 aliphatic heterocycles. The highest BCUT2D eigenvalue weighted by molar-refractivity contribution is 6.22. The molecule has 0 radical (unpaired) electrons. The third-order valence-corrected chi connectivity index (χ3v) is 12.0. The molecule has 11 rings (SSSR count). The molecule has 0 N–H and O–H groups in total. The van der Waals surface area contributed by atoms with Crippen molar-refractivity contribution in [3.63, 3.8) is 0 Å². The van der Waals surface area contributed by atoms with Gasteiger partial charge in [-0.15, -0.1) is 0 Å². The summed E-state index contributed by atoms with van der Waals surface area (Å²) in [6.07, 6.45) is 0. The molecule has 0 aliphatic carbocycles. The van der Waals surface area contributed by atoms with Gasteiger partial charge in [-0.25, -0.2) is 0 Å². The second-order valence-corrected chi connectivity index (χ2v) is 15.7. The maximum absolute atomic E-state index is 2.47. The van der Waals surface area contributed by atoms with Crippen molar-refractivity contribution in [3.8, 4) is 55.6 Å². The van der Waals surface area contributed by atoms with Crippen LogP contribution in [0.1, 0.15) is 0 Å². The second kappa shape index (κ2) is 15.6. The van der Waals surface area contributed by atoms with Crippen LogP contribution in [-0.2, 0) is 0 Å². The van der Waals surface area contributed by atoms with Gasteiger partial charge in [-0.1, -0.05) is 212 Å². The highest BCUT2D eigenvalue weighted by atomic mass is 15.1. The van der Waals surface area contributed by atoms with Gasteiger partial charge in [-0.2, -0.15) is 0 Å². The number of hydrogen-bond acceptors (Lipinski definition) is 1. The lowest BCUT2D eigenvalue weighted by atomic mass is 9.89. The minimum atomic E-state index is 1.09. The van der Waals surface area contributed by atoms with Crippen LogP contribution in [0.4, 0.5) is 17.1 Å². The number of hydrogen-bond donors (Lipinski definition) is 0. The molecule has 0 saturated heterocycles. The lowest BCUT2D eigenvalue weighted by molar-refractivity contribution is 1.30. The van der Waals surface area contributed by atoms with Gasteiger partial charge in [0.2, 0.25) is 0 Å². The van der Waals surface area contributed by atoms with Gasteiger partial charge in [0.25, 0.3) is 0 Å². The second-order valence-electron chi connectivity index (χ2n) is 15.7. The van der Waals surface area contributed by atoms with E-state index < -0.39 is 0 Å². The number of anilines is 3. The van der Waals surface area contributed by atoms with Gasteiger partial charge in [0.05, 0.1) is 5.69 Å². The lowest BCUT2D eigenvalue weighted by Crippen LogP contribution is -2.12. The zero-order valence-electron chi connectivity index (χ0n) is 33.6. The zero-order valence-corrected chi connectivity index (χ0v) is 33.6. The average molecular weight is 776 g/mol. The minimum absolute atomic E-state index is 1.09. The standard InChI is InChI=1S/C60H41N/c1-3-14-42(15-4-1)45-32-36-53(37-33-45)61(54-38-34-47(35-39-54)51-21-13-20-50(40-51)43-16-5-2-6-17-43)60-58-25-12-10-23-56(58)55-22-9-11-24-57(55)59(60)48-29-26-46(27-30-48)52-31-28-44-18-7-8-19-49(44)41-52/h1-41H. The number of nitrogens with zero attached hydrogens (tertiary/aromatic N) is 1. The lowest BCUT2D eigenvalue weighted by Gasteiger charge is -2.31. The van der Waals surface area contributed by atoms with Crippen molar-refractivity contribution in [2.75, 3.05) is 4.90 Å². The molecule has 0 saturated carbocycles. The minimum Gasteiger partial charge on any atom is -0.309 e. The Bertz CT molecular complexity index is 3310. The number of rotatable bonds is 8. The van der Waals surface area contributed by atoms with Crippen LogP contribution in [0.25, 0.3) is 88.0 Å². The monoisotopic (exact) mass is 775 g/mol. The van der Waals surface area contributed by atoms with Crippen LogP contribution < -0.4 is 4.90 Å². The first kappa shape index (κ1) is 36.1. The topological polar surface area (TPSA) is 3.24 Å². The Balaban J connectivity index is 1.11. The Morgan fingerprint density at radius 3 is 1.20 bits per heavy atom. The van der Waals surface area contributed by atoms with Gasteiger partial charge < -0.3 is 4.90 Å². The molecule has 0 aromatic heterocycles. The number of benzene rings is 11. The summed E-state index contributed by atoms with van der Waals surface area (Å²) in [5.74, 6) is 0. The molecular weight excluding hydrogens is 735 g/mol. The van der Waals surface area contributed by atoms with Gasteiger partial charge in [0.1, 0.15) is 0 Å². The summed E-state index contributed by atoms with van der Waals surface area (Å²) in [5, 5.41) is 7.38. The molecule has 286 valence electrons. The third-order valence-electron chi connectivity index (χ3n) is 12.0. The summed E-state index contributed by atoms with van der Waals surface area (Å²) in [4.78, 5) is 2.47. The van der Waals surface area contributed by atoms with E-state index in [1.165, 1.54) is 88.0 Å². The van der Waals surface area contributed by atoms with Crippen LogP contribution in [0.15, 0.2) is 249 Å². The fraction of sp³-hybridized carbons (Fsp3) is 0. The molecule has 11 aromatic carbocycles. The van der Waals surface area contributed by atoms with E-state index >= 15 is 0 Å². The van der Waals surface area contributed by atoms with Crippen molar-refractivity contribution in [1.82, 2.24) is 0 Å². The molecular formula is C60H41N. The summed E-state index contributed by atoms with van der Waals surface area (Å²) < 4.78 is 0. The maximum atomic E-state index is 2.47. The van der Waals surface area contributed by atoms with Gasteiger partial charge >= 0.3 is 0 Å². The van der Waals surface area contributed by atoms with Crippen LogP contribution >= 0.6 is 0 Å². The average Bonchev–Trinajstić information content (AvgIpc) is 3.35. The van der Waals surface area contributed by atoms with E-state index in [0.717, 1.165) is 17.1 Å². The predicted octanol–water partition coefficient (Wildman–Crippen LogP) is 17.0. The molecule has 0 amide bonds. The molecule has 0 unspecified atom stereocenters. The SMILES string of the molecule is c1ccc(-c2ccc(N(c3ccc(-c4cccc(-c5ccccc5)c4)cc3)c3c(-c4ccc(-c5ccc6ccccc6c5)cc4)c4ccccc4c4ccccc34)cc2)cc1. The first-order valence-corrected chi connectivity index (χ1v) is 21.0. The van der Waals surface area contributed by atoms with Crippen LogP contribution in [0, 0.1) is 0 Å². The first-order valence-electron chi connectivity index (χ1n) is 21.0. The van der Waals surface area contributed by atoms with Crippen molar-refractivity contribution in [1.29, 1.82) is 0 Å². The van der Waals surface area contributed by atoms with Crippen LogP contribution in [0.2, 0.25) is 0 Å². The quantitative estimate of drug-likeness (QED) is 0.139. The summed E-state index contributed by atoms with van der Waals surface area (Å²) in [6, 6.07) is 90.5. The van der Waals surface area contributed by atoms with Crippen LogP contribution in [0.3, 0.4) is 0 Å². The normalized spacial score (nSPS) is 11.3. The molecule has 0 spiro atoms. The Morgan fingerprint density at radius 1 is 0.213 bits per heavy atom. The molecule has 1 heteroatoms. The van der Waals surface area contributed by atoms with E-state index in [1.54, 1.807) is 0 Å². The van der Waals surface area contributed by atoms with E-state index in [4.69, 9.17) is 0 Å². The van der Waals surface area contributed by atoms with E-state index in [2.05, 4.69) is 254 Å². The third kappa shape index (κ3) is 6.83. The summed E-state index contributed by atoms with van der Waals surface area (Å²) in [5.41, 5.74) is 15.3. The molecule has 0 atom stereocenters. The van der Waals surface area contributed by atoms with Crippen molar-refractivity contribution >= 4 is 49.4 Å². The highest BCUT2D eigenvalue weighted by Crippen LogP contribution is 2.50. The summed E-state index contributed by atoms with van der Waals surface area (Å²) >= 11 is 0. The largest absolute Gasteiger partial charge is 0.309 e. The molecule has 0 heterocycles. The fourth-order valence-electron chi connectivity index (χ4n) is 9.00. The molecule has 0 bridgehead atoms. The zero-order chi connectivity index (χ0) is 40.5. The maximum Gasteiger partial charge on any atom is 0.0624 e. The van der Waals surface area contributed by atoms with Gasteiger partial charge in [0, 0.05) is 22.3 Å². The smallest absolute Gasteiger partial charge is 0.0624 e. The van der Waals surface area contributed by atoms with E-state index in [9.17, 15) is 0 Å². The molecule has 61 heavy (non-hydrogen) atoms. The molecule has 0 aliphatic rings. The van der Waals surface area contributed by atoms with Crippen LogP contribution in [-0.4, -0.2) is 0 Å². The van der Waals surface area contributed by atoms with E-state index in [1.807, 2.05) is 0 Å². The summed E-state index contributed by atoms with van der Waals surface area (Å²) in [7, 11) is 0. The van der Waals surface area contributed by atoms with Gasteiger partial charge in [-0.3, -0.25) is 0 Å². The van der Waals surface area contributed by atoms with Crippen LogP contribution in [0.5, 0.6) is 0 Å². The van der Waals surface area contributed by atoms with Crippen molar-refractivity contribution in [2.45, 2.75) is 0 Å². The first-order chi connectivity index (χ1) is 30.2. The Labute approximate surface area is 357 Å². The van der Waals surface area contributed by atoms with E-state index in [0.29, 0.717) is 0 Å². The Morgan fingerprint density at radius 2 is 0.590 bits per heavy atom. The molecule has 11 aromatic rings. The van der Waals surface area contributed by atoms with Crippen molar-refractivity contribution < 1.29 is 0 Å². The Kier molecular flexibility index (Phi) is 9.26. The molecule has 1 nitrogen and oxygen atoms in total. The predicted molar refractivity (Wildman–Crippen MR) is 261 cm³/mol. The van der Waals surface area contributed by atoms with E-state index in [-0.39, 0.29) is 0 Å². The van der Waals surface area contributed by atoms with Gasteiger partial charge in [-0.05, 0) is 113 Å². The summed E-state index contributed by atoms with van der Waals surface area (Å²) in [6.45, 7) is 0. The highest BCUT2D eigenvalue weighted by Gasteiger charge is 2.24. The van der Waals surface area contributed by atoms with Gasteiger partial charge in [0.15, 0.2) is 0 Å². The van der Waals surface area contributed by atoms with Crippen molar-refractivity contribution in [2.24, 2.45) is 0 Å². The molecule has 0 fully saturated rings. The number of fused-ring (bicyclic) bond motifs is 4. The Hall–Kier alpha value is -8.00. The van der Waals surface area contributed by atoms with Crippen molar-refractivity contribution in [3.05, 3.63) is 249 Å². The fourth-order valence-corrected chi connectivity index (χ4v) is 9.00.